The molecule has 2 N–H and O–H groups in total. The molecular formula is C11H11N3O2S. The molecule has 0 fully saturated rings. The Balaban J connectivity index is 2.16. The van der Waals surface area contributed by atoms with Crippen molar-refractivity contribution in [3.05, 3.63) is 44.8 Å². The Morgan fingerprint density at radius 2 is 2.18 bits per heavy atom. The highest BCUT2D eigenvalue weighted by Crippen LogP contribution is 2.21. The molecule has 0 saturated heterocycles. The third kappa shape index (κ3) is 2.59. The van der Waals surface area contributed by atoms with E-state index in [1.165, 1.54) is 29.7 Å². The van der Waals surface area contributed by atoms with E-state index in [4.69, 9.17) is 0 Å². The molecule has 0 saturated carbocycles. The van der Waals surface area contributed by atoms with Crippen molar-refractivity contribution in [2.75, 3.05) is 5.32 Å². The van der Waals surface area contributed by atoms with Gasteiger partial charge in [0.1, 0.15) is 0 Å². The minimum Gasteiger partial charge on any atom is -0.328 e. The number of thiazole rings is 1. The molecule has 2 aromatic heterocycles. The molecule has 0 aliphatic carbocycles. The lowest BCUT2D eigenvalue weighted by atomic mass is 10.3. The van der Waals surface area contributed by atoms with E-state index in [1.807, 2.05) is 13.8 Å². The monoisotopic (exact) mass is 249 g/mol. The Labute approximate surface area is 102 Å². The molecule has 0 spiro atoms. The summed E-state index contributed by atoms with van der Waals surface area (Å²) in [5.41, 5.74) is 1.07. The molecule has 2 heterocycles. The fourth-order valence-electron chi connectivity index (χ4n) is 1.25. The number of carbonyl (C=O) groups is 1. The largest absolute Gasteiger partial charge is 0.328 e. The van der Waals surface area contributed by atoms with Gasteiger partial charge < -0.3 is 4.98 Å². The molecule has 5 nitrogen and oxygen atoms in total. The van der Waals surface area contributed by atoms with E-state index in [-0.39, 0.29) is 11.5 Å². The van der Waals surface area contributed by atoms with Crippen molar-refractivity contribution in [2.24, 2.45) is 0 Å². The fraction of sp³-hybridized carbons (Fsp3) is 0.182. The van der Waals surface area contributed by atoms with Crippen LogP contribution in [0.3, 0.4) is 0 Å². The van der Waals surface area contributed by atoms with Crippen molar-refractivity contribution < 1.29 is 4.79 Å². The smallest absolute Gasteiger partial charge is 0.258 e. The highest BCUT2D eigenvalue weighted by molar-refractivity contribution is 7.15. The van der Waals surface area contributed by atoms with Crippen molar-refractivity contribution >= 4 is 22.4 Å². The van der Waals surface area contributed by atoms with E-state index in [0.717, 1.165) is 10.6 Å². The first kappa shape index (κ1) is 11.5. The van der Waals surface area contributed by atoms with Gasteiger partial charge in [-0.1, -0.05) is 0 Å². The number of aryl methyl sites for hydroxylation is 2. The minimum absolute atomic E-state index is 0.234. The number of nitrogens with zero attached hydrogens (tertiary/aromatic N) is 1. The summed E-state index contributed by atoms with van der Waals surface area (Å²) in [6.45, 7) is 3.84. The van der Waals surface area contributed by atoms with Gasteiger partial charge in [-0.25, -0.2) is 4.98 Å². The van der Waals surface area contributed by atoms with Gasteiger partial charge in [0.05, 0.1) is 11.3 Å². The SMILES string of the molecule is Cc1nc(NC(=O)c2ccc(=O)[nH]c2)sc1C. The average molecular weight is 249 g/mol. The molecule has 0 atom stereocenters. The van der Waals surface area contributed by atoms with Gasteiger partial charge in [-0.2, -0.15) is 0 Å². The third-order valence-electron chi connectivity index (χ3n) is 2.30. The van der Waals surface area contributed by atoms with E-state index >= 15 is 0 Å². The number of aromatic nitrogens is 2. The fourth-order valence-corrected chi connectivity index (χ4v) is 2.06. The molecule has 88 valence electrons. The molecule has 2 rings (SSSR count). The van der Waals surface area contributed by atoms with Crippen LogP contribution in [0.5, 0.6) is 0 Å². The number of hydrogen-bond acceptors (Lipinski definition) is 4. The molecule has 0 bridgehead atoms. The van der Waals surface area contributed by atoms with Crippen molar-refractivity contribution in [1.82, 2.24) is 9.97 Å². The highest BCUT2D eigenvalue weighted by Gasteiger charge is 2.09. The van der Waals surface area contributed by atoms with Crippen molar-refractivity contribution in [3.8, 4) is 0 Å². The molecule has 0 aromatic carbocycles. The van der Waals surface area contributed by atoms with Crippen LogP contribution in [0, 0.1) is 13.8 Å². The predicted molar refractivity (Wildman–Crippen MR) is 66.6 cm³/mol. The highest BCUT2D eigenvalue weighted by atomic mass is 32.1. The van der Waals surface area contributed by atoms with E-state index in [1.54, 1.807) is 0 Å². The number of carbonyl (C=O) groups excluding carboxylic acids is 1. The summed E-state index contributed by atoms with van der Waals surface area (Å²) >= 11 is 1.43. The molecule has 0 aliphatic rings. The number of amides is 1. The maximum Gasteiger partial charge on any atom is 0.258 e. The van der Waals surface area contributed by atoms with Crippen LogP contribution < -0.4 is 10.9 Å². The Morgan fingerprint density at radius 1 is 1.41 bits per heavy atom. The average Bonchev–Trinajstić information content (AvgIpc) is 2.58. The van der Waals surface area contributed by atoms with Crippen LogP contribution in [0.2, 0.25) is 0 Å². The van der Waals surface area contributed by atoms with Gasteiger partial charge in [0.2, 0.25) is 5.56 Å². The Kier molecular flexibility index (Phi) is 3.06. The summed E-state index contributed by atoms with van der Waals surface area (Å²) in [5, 5.41) is 3.25. The van der Waals surface area contributed by atoms with Crippen LogP contribution in [-0.4, -0.2) is 15.9 Å². The first-order valence-electron chi connectivity index (χ1n) is 5.00. The molecule has 1 amide bonds. The van der Waals surface area contributed by atoms with Crippen LogP contribution in [0.15, 0.2) is 23.1 Å². The summed E-state index contributed by atoms with van der Waals surface area (Å²) < 4.78 is 0. The number of nitrogens with one attached hydrogen (secondary N) is 2. The summed E-state index contributed by atoms with van der Waals surface area (Å²) in [7, 11) is 0. The van der Waals surface area contributed by atoms with Gasteiger partial charge in [0.25, 0.3) is 5.91 Å². The first-order chi connectivity index (χ1) is 8.06. The molecule has 0 unspecified atom stereocenters. The zero-order chi connectivity index (χ0) is 12.4. The van der Waals surface area contributed by atoms with Crippen molar-refractivity contribution in [3.63, 3.8) is 0 Å². The third-order valence-corrected chi connectivity index (χ3v) is 3.28. The Morgan fingerprint density at radius 3 is 2.71 bits per heavy atom. The number of hydrogen-bond donors (Lipinski definition) is 2. The lowest BCUT2D eigenvalue weighted by Gasteiger charge is -2.00. The molecule has 6 heteroatoms. The van der Waals surface area contributed by atoms with E-state index < -0.39 is 0 Å². The van der Waals surface area contributed by atoms with Gasteiger partial charge in [-0.05, 0) is 19.9 Å². The summed E-state index contributed by atoms with van der Waals surface area (Å²) in [6, 6.07) is 2.79. The van der Waals surface area contributed by atoms with Crippen LogP contribution in [0.25, 0.3) is 0 Å². The van der Waals surface area contributed by atoms with Crippen molar-refractivity contribution in [2.45, 2.75) is 13.8 Å². The van der Waals surface area contributed by atoms with Gasteiger partial charge in [0.15, 0.2) is 5.13 Å². The Bertz CT molecular complexity index is 575. The number of aromatic amines is 1. The molecule has 2 aromatic rings. The lowest BCUT2D eigenvalue weighted by Crippen LogP contribution is -2.14. The zero-order valence-corrected chi connectivity index (χ0v) is 10.2. The topological polar surface area (TPSA) is 74.8 Å². The molecular weight excluding hydrogens is 238 g/mol. The van der Waals surface area contributed by atoms with Crippen LogP contribution in [0.4, 0.5) is 5.13 Å². The number of rotatable bonds is 2. The quantitative estimate of drug-likeness (QED) is 0.850. The number of anilines is 1. The minimum atomic E-state index is -0.282. The van der Waals surface area contributed by atoms with Gasteiger partial charge in [-0.3, -0.25) is 14.9 Å². The Hall–Kier alpha value is -1.95. The van der Waals surface area contributed by atoms with Gasteiger partial charge >= 0.3 is 0 Å². The van der Waals surface area contributed by atoms with E-state index in [2.05, 4.69) is 15.3 Å². The zero-order valence-electron chi connectivity index (χ0n) is 9.40. The summed E-state index contributed by atoms with van der Waals surface area (Å²) in [4.78, 5) is 30.4. The second kappa shape index (κ2) is 4.50. The second-order valence-corrected chi connectivity index (χ2v) is 4.76. The van der Waals surface area contributed by atoms with Crippen LogP contribution in [0.1, 0.15) is 20.9 Å². The second-order valence-electron chi connectivity index (χ2n) is 3.56. The first-order valence-corrected chi connectivity index (χ1v) is 5.82. The van der Waals surface area contributed by atoms with Crippen LogP contribution >= 0.6 is 11.3 Å². The number of pyridine rings is 1. The van der Waals surface area contributed by atoms with E-state index in [0.29, 0.717) is 10.7 Å². The maximum absolute atomic E-state index is 11.8. The van der Waals surface area contributed by atoms with Gasteiger partial charge in [0, 0.05) is 17.1 Å². The van der Waals surface area contributed by atoms with Gasteiger partial charge in [-0.15, -0.1) is 11.3 Å². The molecule has 0 radical (unpaired) electrons. The van der Waals surface area contributed by atoms with Crippen molar-refractivity contribution in [1.29, 1.82) is 0 Å². The normalized spacial score (nSPS) is 10.2. The molecule has 17 heavy (non-hydrogen) atoms. The maximum atomic E-state index is 11.8. The van der Waals surface area contributed by atoms with Crippen LogP contribution in [-0.2, 0) is 0 Å². The molecule has 0 aliphatic heterocycles. The predicted octanol–water partition coefficient (Wildman–Crippen LogP) is 1.70. The van der Waals surface area contributed by atoms with E-state index in [9.17, 15) is 9.59 Å². The summed E-state index contributed by atoms with van der Waals surface area (Å²) in [5.74, 6) is -0.282. The standard InChI is InChI=1S/C11H11N3O2S/c1-6-7(2)17-11(13-6)14-10(16)8-3-4-9(15)12-5-8/h3-5H,1-2H3,(H,12,15)(H,13,14,16). The summed E-state index contributed by atoms with van der Waals surface area (Å²) in [6.07, 6.45) is 1.38. The lowest BCUT2D eigenvalue weighted by molar-refractivity contribution is 0.102. The number of H-pyrrole nitrogens is 1.